The van der Waals surface area contributed by atoms with Crippen molar-refractivity contribution in [3.63, 3.8) is 0 Å². The zero-order valence-electron chi connectivity index (χ0n) is 9.58. The van der Waals surface area contributed by atoms with Crippen molar-refractivity contribution in [1.82, 2.24) is 4.90 Å². The first kappa shape index (κ1) is 9.49. The summed E-state index contributed by atoms with van der Waals surface area (Å²) < 4.78 is 0. The maximum absolute atomic E-state index is 6.03. The molecule has 0 saturated heterocycles. The molecular formula is C12H21N3. The molecule has 3 rings (SSSR count). The van der Waals surface area contributed by atoms with E-state index in [0.717, 1.165) is 24.3 Å². The van der Waals surface area contributed by atoms with Gasteiger partial charge in [-0.25, -0.2) is 0 Å². The summed E-state index contributed by atoms with van der Waals surface area (Å²) in [5, 5.41) is 0. The molecule has 2 saturated carbocycles. The zero-order valence-corrected chi connectivity index (χ0v) is 9.58. The molecule has 15 heavy (non-hydrogen) atoms. The van der Waals surface area contributed by atoms with E-state index in [-0.39, 0.29) is 0 Å². The van der Waals surface area contributed by atoms with Gasteiger partial charge >= 0.3 is 0 Å². The molecular weight excluding hydrogens is 186 g/mol. The van der Waals surface area contributed by atoms with Crippen molar-refractivity contribution in [2.45, 2.75) is 44.6 Å². The van der Waals surface area contributed by atoms with E-state index in [1.54, 1.807) is 0 Å². The Morgan fingerprint density at radius 1 is 1.47 bits per heavy atom. The third-order valence-electron chi connectivity index (χ3n) is 4.35. The molecule has 0 amide bonds. The predicted octanol–water partition coefficient (Wildman–Crippen LogP) is 1.59. The summed E-state index contributed by atoms with van der Waals surface area (Å²) in [6, 6.07) is 0. The molecule has 3 aliphatic rings. The quantitative estimate of drug-likeness (QED) is 0.747. The van der Waals surface area contributed by atoms with Crippen LogP contribution in [0.4, 0.5) is 0 Å². The fourth-order valence-corrected chi connectivity index (χ4v) is 3.24. The molecule has 0 aromatic heterocycles. The van der Waals surface area contributed by atoms with Gasteiger partial charge in [-0.1, -0.05) is 6.92 Å². The highest BCUT2D eigenvalue weighted by Gasteiger charge is 2.47. The topological polar surface area (TPSA) is 41.6 Å². The monoisotopic (exact) mass is 207 g/mol. The van der Waals surface area contributed by atoms with Crippen molar-refractivity contribution in [1.29, 1.82) is 0 Å². The summed E-state index contributed by atoms with van der Waals surface area (Å²) >= 11 is 0. The van der Waals surface area contributed by atoms with Gasteiger partial charge in [-0.3, -0.25) is 4.99 Å². The lowest BCUT2D eigenvalue weighted by atomic mass is 9.95. The zero-order chi connectivity index (χ0) is 10.5. The number of nitrogens with two attached hydrogens (primary N) is 1. The van der Waals surface area contributed by atoms with Crippen molar-refractivity contribution in [2.24, 2.45) is 22.6 Å². The summed E-state index contributed by atoms with van der Waals surface area (Å²) in [6.45, 7) is 4.48. The van der Waals surface area contributed by atoms with Crippen molar-refractivity contribution in [3.05, 3.63) is 0 Å². The Bertz CT molecular complexity index is 295. The van der Waals surface area contributed by atoms with Crippen molar-refractivity contribution in [2.75, 3.05) is 13.1 Å². The molecule has 0 radical (unpaired) electrons. The van der Waals surface area contributed by atoms with E-state index in [9.17, 15) is 0 Å². The number of guanidine groups is 1. The van der Waals surface area contributed by atoms with Crippen molar-refractivity contribution >= 4 is 5.96 Å². The molecule has 0 aromatic rings. The Labute approximate surface area is 91.7 Å². The van der Waals surface area contributed by atoms with Crippen LogP contribution in [0.25, 0.3) is 0 Å². The molecule has 0 aromatic carbocycles. The largest absolute Gasteiger partial charge is 0.370 e. The summed E-state index contributed by atoms with van der Waals surface area (Å²) in [6.07, 6.45) is 6.74. The van der Waals surface area contributed by atoms with Crippen LogP contribution in [0.1, 0.15) is 39.0 Å². The third kappa shape index (κ3) is 1.52. The average Bonchev–Trinajstić information content (AvgIpc) is 2.89. The van der Waals surface area contributed by atoms with Gasteiger partial charge in [-0.15, -0.1) is 0 Å². The SMILES string of the molecule is CC1CCC2(CN=C(N)N2CC2CC2)C1. The number of nitrogens with zero attached hydrogens (tertiary/aromatic N) is 2. The highest BCUT2D eigenvalue weighted by Crippen LogP contribution is 2.43. The van der Waals surface area contributed by atoms with E-state index in [4.69, 9.17) is 5.73 Å². The van der Waals surface area contributed by atoms with Gasteiger partial charge in [0.05, 0.1) is 12.1 Å². The van der Waals surface area contributed by atoms with Crippen LogP contribution in [0.2, 0.25) is 0 Å². The van der Waals surface area contributed by atoms with Crippen LogP contribution in [0.3, 0.4) is 0 Å². The van der Waals surface area contributed by atoms with Crippen LogP contribution in [0.15, 0.2) is 4.99 Å². The molecule has 2 N–H and O–H groups in total. The first-order valence-corrected chi connectivity index (χ1v) is 6.27. The molecule has 2 aliphatic carbocycles. The van der Waals surface area contributed by atoms with E-state index in [1.807, 2.05) is 0 Å². The Morgan fingerprint density at radius 3 is 2.87 bits per heavy atom. The first-order chi connectivity index (χ1) is 7.20. The fourth-order valence-electron chi connectivity index (χ4n) is 3.24. The van der Waals surface area contributed by atoms with E-state index >= 15 is 0 Å². The number of rotatable bonds is 2. The van der Waals surface area contributed by atoms with Crippen LogP contribution in [0.5, 0.6) is 0 Å². The van der Waals surface area contributed by atoms with Gasteiger partial charge in [0, 0.05) is 6.54 Å². The van der Waals surface area contributed by atoms with Crippen molar-refractivity contribution in [3.8, 4) is 0 Å². The Hall–Kier alpha value is -0.730. The average molecular weight is 207 g/mol. The summed E-state index contributed by atoms with van der Waals surface area (Å²) in [7, 11) is 0. The van der Waals surface area contributed by atoms with E-state index < -0.39 is 0 Å². The molecule has 3 nitrogen and oxygen atoms in total. The van der Waals surface area contributed by atoms with Crippen LogP contribution in [-0.2, 0) is 0 Å². The lowest BCUT2D eigenvalue weighted by molar-refractivity contribution is 0.194. The van der Waals surface area contributed by atoms with E-state index in [0.29, 0.717) is 5.54 Å². The van der Waals surface area contributed by atoms with E-state index in [1.165, 1.54) is 38.6 Å². The highest BCUT2D eigenvalue weighted by atomic mass is 15.4. The van der Waals surface area contributed by atoms with Crippen LogP contribution in [0, 0.1) is 11.8 Å². The number of hydrogen-bond acceptors (Lipinski definition) is 3. The Balaban J connectivity index is 1.77. The maximum Gasteiger partial charge on any atom is 0.191 e. The summed E-state index contributed by atoms with van der Waals surface area (Å²) in [5.41, 5.74) is 6.36. The fraction of sp³-hybridized carbons (Fsp3) is 0.917. The van der Waals surface area contributed by atoms with Crippen LogP contribution in [-0.4, -0.2) is 29.5 Å². The second-order valence-corrected chi connectivity index (χ2v) is 5.80. The van der Waals surface area contributed by atoms with Crippen molar-refractivity contribution < 1.29 is 0 Å². The first-order valence-electron chi connectivity index (χ1n) is 6.27. The molecule has 0 bridgehead atoms. The summed E-state index contributed by atoms with van der Waals surface area (Å²) in [5.74, 6) is 2.58. The second kappa shape index (κ2) is 3.13. The van der Waals surface area contributed by atoms with Gasteiger partial charge in [0.25, 0.3) is 0 Å². The minimum atomic E-state index is 0.325. The molecule has 2 fully saturated rings. The van der Waals surface area contributed by atoms with Gasteiger partial charge in [-0.2, -0.15) is 0 Å². The van der Waals surface area contributed by atoms with Crippen LogP contribution < -0.4 is 5.73 Å². The molecule has 1 spiro atoms. The number of aliphatic imine (C=N–C) groups is 1. The van der Waals surface area contributed by atoms with Crippen LogP contribution >= 0.6 is 0 Å². The van der Waals surface area contributed by atoms with Gasteiger partial charge in [0.15, 0.2) is 5.96 Å². The van der Waals surface area contributed by atoms with Gasteiger partial charge < -0.3 is 10.6 Å². The van der Waals surface area contributed by atoms with Gasteiger partial charge in [-0.05, 0) is 43.9 Å². The standard InChI is InChI=1S/C12H21N3/c1-9-4-5-12(6-9)8-14-11(13)15(12)7-10-2-3-10/h9-10H,2-8H2,1H3,(H2,13,14). The number of hydrogen-bond donors (Lipinski definition) is 1. The second-order valence-electron chi connectivity index (χ2n) is 5.80. The molecule has 2 atom stereocenters. The smallest absolute Gasteiger partial charge is 0.191 e. The molecule has 3 heteroatoms. The third-order valence-corrected chi connectivity index (χ3v) is 4.35. The normalized spacial score (nSPS) is 40.2. The minimum Gasteiger partial charge on any atom is -0.370 e. The van der Waals surface area contributed by atoms with E-state index in [2.05, 4.69) is 16.8 Å². The maximum atomic E-state index is 6.03. The summed E-state index contributed by atoms with van der Waals surface area (Å²) in [4.78, 5) is 6.93. The molecule has 1 heterocycles. The minimum absolute atomic E-state index is 0.325. The molecule has 84 valence electrons. The molecule has 2 unspecified atom stereocenters. The lowest BCUT2D eigenvalue weighted by Crippen LogP contribution is -2.50. The Kier molecular flexibility index (Phi) is 1.98. The highest BCUT2D eigenvalue weighted by molar-refractivity contribution is 5.81. The predicted molar refractivity (Wildman–Crippen MR) is 61.7 cm³/mol. The Morgan fingerprint density at radius 2 is 2.27 bits per heavy atom. The van der Waals surface area contributed by atoms with Gasteiger partial charge in [0.2, 0.25) is 0 Å². The lowest BCUT2D eigenvalue weighted by Gasteiger charge is -2.36. The van der Waals surface area contributed by atoms with Gasteiger partial charge in [0.1, 0.15) is 0 Å². The molecule has 1 aliphatic heterocycles.